The van der Waals surface area contributed by atoms with Gasteiger partial charge in [0.2, 0.25) is 5.91 Å². The Bertz CT molecular complexity index is 868. The number of ether oxygens (including phenoxy) is 1. The highest BCUT2D eigenvalue weighted by molar-refractivity contribution is 5.77. The van der Waals surface area contributed by atoms with Gasteiger partial charge in [-0.1, -0.05) is 36.4 Å². The van der Waals surface area contributed by atoms with Crippen LogP contribution in [0.2, 0.25) is 0 Å². The molecule has 0 saturated heterocycles. The molecule has 0 fully saturated rings. The van der Waals surface area contributed by atoms with Crippen molar-refractivity contribution in [2.24, 2.45) is 0 Å². The standard InChI is InChI=1S/C24H31N3O3/c1-3-30-22-11-6-10-20(16-22)18(2)26-24(29)25-14-7-12-23(28)27-15-13-19-8-4-5-9-21(19)17-27/h4-6,8-11,16,18H,3,7,12-15,17H2,1-2H3,(H2,25,26,29). The smallest absolute Gasteiger partial charge is 0.315 e. The number of carbonyl (C=O) groups is 2. The van der Waals surface area contributed by atoms with Gasteiger partial charge in [0.1, 0.15) is 5.75 Å². The third-order valence-corrected chi connectivity index (χ3v) is 5.35. The van der Waals surface area contributed by atoms with Crippen LogP contribution in [0.5, 0.6) is 5.75 Å². The summed E-state index contributed by atoms with van der Waals surface area (Å²) >= 11 is 0. The molecule has 0 bridgehead atoms. The summed E-state index contributed by atoms with van der Waals surface area (Å²) in [5, 5.41) is 5.77. The van der Waals surface area contributed by atoms with Gasteiger partial charge in [0.25, 0.3) is 0 Å². The third-order valence-electron chi connectivity index (χ3n) is 5.35. The van der Waals surface area contributed by atoms with Crippen molar-refractivity contribution in [1.29, 1.82) is 0 Å². The Balaban J connectivity index is 1.36. The molecule has 160 valence electrons. The van der Waals surface area contributed by atoms with Crippen LogP contribution in [0.25, 0.3) is 0 Å². The Morgan fingerprint density at radius 3 is 2.73 bits per heavy atom. The summed E-state index contributed by atoms with van der Waals surface area (Å²) in [7, 11) is 0. The van der Waals surface area contributed by atoms with E-state index in [1.54, 1.807) is 0 Å². The number of fused-ring (bicyclic) bond motifs is 1. The number of hydrogen-bond acceptors (Lipinski definition) is 3. The van der Waals surface area contributed by atoms with Crippen LogP contribution in [0.15, 0.2) is 48.5 Å². The summed E-state index contributed by atoms with van der Waals surface area (Å²) < 4.78 is 5.51. The number of urea groups is 1. The van der Waals surface area contributed by atoms with Crippen LogP contribution in [0.3, 0.4) is 0 Å². The van der Waals surface area contributed by atoms with Gasteiger partial charge < -0.3 is 20.3 Å². The molecule has 0 saturated carbocycles. The summed E-state index contributed by atoms with van der Waals surface area (Å²) in [5.74, 6) is 0.940. The molecule has 1 heterocycles. The van der Waals surface area contributed by atoms with Gasteiger partial charge in [-0.2, -0.15) is 0 Å². The Labute approximate surface area is 178 Å². The van der Waals surface area contributed by atoms with Crippen molar-refractivity contribution >= 4 is 11.9 Å². The topological polar surface area (TPSA) is 70.7 Å². The van der Waals surface area contributed by atoms with Crippen LogP contribution in [-0.4, -0.2) is 36.5 Å². The molecule has 1 aliphatic heterocycles. The van der Waals surface area contributed by atoms with Crippen molar-refractivity contribution in [3.8, 4) is 5.75 Å². The van der Waals surface area contributed by atoms with E-state index in [-0.39, 0.29) is 18.0 Å². The Kier molecular flexibility index (Phi) is 7.71. The molecule has 1 atom stereocenters. The summed E-state index contributed by atoms with van der Waals surface area (Å²) in [6.07, 6.45) is 1.97. The van der Waals surface area contributed by atoms with E-state index in [0.717, 1.165) is 24.3 Å². The molecular formula is C24H31N3O3. The van der Waals surface area contributed by atoms with Crippen molar-refractivity contribution in [2.75, 3.05) is 19.7 Å². The summed E-state index contributed by atoms with van der Waals surface area (Å²) in [4.78, 5) is 26.6. The number of nitrogens with zero attached hydrogens (tertiary/aromatic N) is 1. The van der Waals surface area contributed by atoms with Gasteiger partial charge in [-0.25, -0.2) is 4.79 Å². The molecule has 3 amide bonds. The van der Waals surface area contributed by atoms with Crippen molar-refractivity contribution in [1.82, 2.24) is 15.5 Å². The predicted octanol–water partition coefficient (Wildman–Crippen LogP) is 3.81. The minimum absolute atomic E-state index is 0.138. The molecule has 3 rings (SSSR count). The lowest BCUT2D eigenvalue weighted by atomic mass is 9.99. The van der Waals surface area contributed by atoms with E-state index in [0.29, 0.717) is 32.5 Å². The SMILES string of the molecule is CCOc1cccc(C(C)NC(=O)NCCCC(=O)N2CCc3ccccc3C2)c1. The van der Waals surface area contributed by atoms with Crippen LogP contribution < -0.4 is 15.4 Å². The van der Waals surface area contributed by atoms with E-state index >= 15 is 0 Å². The van der Waals surface area contributed by atoms with Crippen molar-refractivity contribution in [3.05, 3.63) is 65.2 Å². The lowest BCUT2D eigenvalue weighted by Crippen LogP contribution is -2.38. The zero-order valence-corrected chi connectivity index (χ0v) is 17.8. The largest absolute Gasteiger partial charge is 0.494 e. The highest BCUT2D eigenvalue weighted by atomic mass is 16.5. The van der Waals surface area contributed by atoms with Crippen molar-refractivity contribution in [2.45, 2.75) is 45.7 Å². The molecule has 2 aromatic rings. The second-order valence-electron chi connectivity index (χ2n) is 7.56. The zero-order chi connectivity index (χ0) is 21.3. The maximum atomic E-state index is 12.5. The van der Waals surface area contributed by atoms with Gasteiger partial charge in [0.05, 0.1) is 12.6 Å². The molecule has 0 aromatic heterocycles. The third kappa shape index (κ3) is 5.99. The second-order valence-corrected chi connectivity index (χ2v) is 7.56. The van der Waals surface area contributed by atoms with E-state index in [1.165, 1.54) is 11.1 Å². The first-order valence-corrected chi connectivity index (χ1v) is 10.7. The van der Waals surface area contributed by atoms with E-state index < -0.39 is 0 Å². The molecular weight excluding hydrogens is 378 g/mol. The van der Waals surface area contributed by atoms with E-state index in [1.807, 2.05) is 55.1 Å². The fourth-order valence-electron chi connectivity index (χ4n) is 3.68. The maximum absolute atomic E-state index is 12.5. The number of hydrogen-bond donors (Lipinski definition) is 2. The molecule has 0 radical (unpaired) electrons. The predicted molar refractivity (Wildman–Crippen MR) is 117 cm³/mol. The lowest BCUT2D eigenvalue weighted by molar-refractivity contribution is -0.132. The first kappa shape index (κ1) is 21.7. The van der Waals surface area contributed by atoms with Crippen LogP contribution in [0, 0.1) is 0 Å². The van der Waals surface area contributed by atoms with E-state index in [4.69, 9.17) is 4.74 Å². The molecule has 2 N–H and O–H groups in total. The first-order chi connectivity index (χ1) is 14.6. The lowest BCUT2D eigenvalue weighted by Gasteiger charge is -2.29. The second kappa shape index (κ2) is 10.7. The average molecular weight is 410 g/mol. The molecule has 0 aliphatic carbocycles. The van der Waals surface area contributed by atoms with Crippen LogP contribution in [0.1, 0.15) is 49.4 Å². The number of rotatable bonds is 8. The fourth-order valence-corrected chi connectivity index (χ4v) is 3.68. The number of nitrogens with one attached hydrogen (secondary N) is 2. The maximum Gasteiger partial charge on any atom is 0.315 e. The minimum atomic E-state index is -0.233. The fraction of sp³-hybridized carbons (Fsp3) is 0.417. The molecule has 2 aromatic carbocycles. The highest BCUT2D eigenvalue weighted by Crippen LogP contribution is 2.20. The van der Waals surface area contributed by atoms with Crippen LogP contribution >= 0.6 is 0 Å². The van der Waals surface area contributed by atoms with E-state index in [2.05, 4.69) is 22.8 Å². The van der Waals surface area contributed by atoms with Gasteiger partial charge in [-0.05, 0) is 55.5 Å². The normalized spacial score (nSPS) is 13.9. The Morgan fingerprint density at radius 1 is 1.13 bits per heavy atom. The van der Waals surface area contributed by atoms with Crippen molar-refractivity contribution < 1.29 is 14.3 Å². The molecule has 30 heavy (non-hydrogen) atoms. The zero-order valence-electron chi connectivity index (χ0n) is 17.8. The van der Waals surface area contributed by atoms with E-state index in [9.17, 15) is 9.59 Å². The Hall–Kier alpha value is -3.02. The molecule has 6 nitrogen and oxygen atoms in total. The van der Waals surface area contributed by atoms with Gasteiger partial charge in [0, 0.05) is 26.1 Å². The minimum Gasteiger partial charge on any atom is -0.494 e. The summed E-state index contributed by atoms with van der Waals surface area (Å²) in [6, 6.07) is 15.6. The van der Waals surface area contributed by atoms with Crippen LogP contribution in [-0.2, 0) is 17.8 Å². The first-order valence-electron chi connectivity index (χ1n) is 10.7. The van der Waals surface area contributed by atoms with Crippen molar-refractivity contribution in [3.63, 3.8) is 0 Å². The van der Waals surface area contributed by atoms with Gasteiger partial charge >= 0.3 is 6.03 Å². The quantitative estimate of drug-likeness (QED) is 0.652. The van der Waals surface area contributed by atoms with Gasteiger partial charge in [-0.15, -0.1) is 0 Å². The molecule has 6 heteroatoms. The van der Waals surface area contributed by atoms with Crippen LogP contribution in [0.4, 0.5) is 4.79 Å². The molecule has 0 spiro atoms. The molecule has 1 aliphatic rings. The number of carbonyl (C=O) groups excluding carboxylic acids is 2. The summed E-state index contributed by atoms with van der Waals surface area (Å²) in [5.41, 5.74) is 3.55. The summed E-state index contributed by atoms with van der Waals surface area (Å²) in [6.45, 7) is 6.39. The highest BCUT2D eigenvalue weighted by Gasteiger charge is 2.19. The number of amides is 3. The monoisotopic (exact) mass is 409 g/mol. The van der Waals surface area contributed by atoms with Gasteiger partial charge in [0.15, 0.2) is 0 Å². The average Bonchev–Trinajstić information content (AvgIpc) is 2.76. The molecule has 1 unspecified atom stereocenters. The number of benzene rings is 2. The Morgan fingerprint density at radius 2 is 1.93 bits per heavy atom. The van der Waals surface area contributed by atoms with Gasteiger partial charge in [-0.3, -0.25) is 4.79 Å².